The zero-order valence-electron chi connectivity index (χ0n) is 18.1. The van der Waals surface area contributed by atoms with Crippen LogP contribution in [0.4, 0.5) is 0 Å². The molecule has 154 valence electrons. The second-order valence-electron chi connectivity index (χ2n) is 8.45. The van der Waals surface area contributed by atoms with E-state index in [0.29, 0.717) is 5.92 Å². The van der Waals surface area contributed by atoms with Crippen molar-refractivity contribution >= 4 is 12.3 Å². The Balaban J connectivity index is 1.68. The van der Waals surface area contributed by atoms with Gasteiger partial charge in [0.2, 0.25) is 5.56 Å². The van der Waals surface area contributed by atoms with Gasteiger partial charge < -0.3 is 4.98 Å². The highest BCUT2D eigenvalue weighted by Gasteiger charge is 2.46. The van der Waals surface area contributed by atoms with E-state index >= 15 is 0 Å². The van der Waals surface area contributed by atoms with Crippen LogP contribution >= 0.6 is 0 Å². The molecule has 30 heavy (non-hydrogen) atoms. The highest BCUT2D eigenvalue weighted by molar-refractivity contribution is 5.79. The van der Waals surface area contributed by atoms with Gasteiger partial charge in [-0.3, -0.25) is 9.79 Å². The molecule has 0 spiro atoms. The molecule has 2 atom stereocenters. The molecule has 2 aromatic rings. The van der Waals surface area contributed by atoms with E-state index in [1.54, 1.807) is 6.07 Å². The van der Waals surface area contributed by atoms with Crippen LogP contribution in [0.2, 0.25) is 0 Å². The number of fused-ring (bicyclic) bond motifs is 4. The van der Waals surface area contributed by atoms with Crippen LogP contribution in [0.1, 0.15) is 56.0 Å². The van der Waals surface area contributed by atoms with E-state index in [9.17, 15) is 4.79 Å². The Morgan fingerprint density at radius 1 is 1.20 bits per heavy atom. The van der Waals surface area contributed by atoms with Crippen molar-refractivity contribution in [2.24, 2.45) is 10.9 Å². The number of rotatable bonds is 5. The highest BCUT2D eigenvalue weighted by Crippen LogP contribution is 2.51. The zero-order valence-corrected chi connectivity index (χ0v) is 18.1. The molecular formula is C27H30N2O. The minimum atomic E-state index is -0.425. The van der Waals surface area contributed by atoms with Crippen molar-refractivity contribution in [1.29, 1.82) is 0 Å². The second kappa shape index (κ2) is 8.43. The molecule has 0 aliphatic heterocycles. The first kappa shape index (κ1) is 20.3. The van der Waals surface area contributed by atoms with Crippen LogP contribution in [0, 0.1) is 5.92 Å². The number of H-pyrrole nitrogens is 1. The zero-order chi connectivity index (χ0) is 21.1. The average Bonchev–Trinajstić information content (AvgIpc) is 2.72. The van der Waals surface area contributed by atoms with Crippen LogP contribution < -0.4 is 5.56 Å². The molecule has 1 heterocycles. The van der Waals surface area contributed by atoms with Gasteiger partial charge in [-0.2, -0.15) is 0 Å². The Hall–Kier alpha value is -2.94. The van der Waals surface area contributed by atoms with Gasteiger partial charge in [0.15, 0.2) is 0 Å². The number of hydrogen-bond acceptors (Lipinski definition) is 2. The fourth-order valence-electron chi connectivity index (χ4n) is 5.06. The van der Waals surface area contributed by atoms with Crippen molar-refractivity contribution in [3.63, 3.8) is 0 Å². The monoisotopic (exact) mass is 398 g/mol. The van der Waals surface area contributed by atoms with Crippen molar-refractivity contribution in [3.05, 3.63) is 98.5 Å². The molecule has 0 saturated heterocycles. The third-order valence-corrected chi connectivity index (χ3v) is 6.27. The molecule has 0 fully saturated rings. The largest absolute Gasteiger partial charge is 0.326 e. The van der Waals surface area contributed by atoms with Crippen molar-refractivity contribution < 1.29 is 0 Å². The van der Waals surface area contributed by atoms with Crippen molar-refractivity contribution in [3.8, 4) is 0 Å². The van der Waals surface area contributed by atoms with Gasteiger partial charge in [0, 0.05) is 35.9 Å². The van der Waals surface area contributed by atoms with E-state index in [2.05, 4.69) is 68.2 Å². The first-order valence-electron chi connectivity index (χ1n) is 10.9. The Morgan fingerprint density at radius 3 is 2.73 bits per heavy atom. The van der Waals surface area contributed by atoms with E-state index < -0.39 is 5.54 Å². The number of aryl methyl sites for hydroxylation is 1. The van der Waals surface area contributed by atoms with E-state index in [-0.39, 0.29) is 5.56 Å². The summed E-state index contributed by atoms with van der Waals surface area (Å²) in [5.74, 6) is 0.293. The lowest BCUT2D eigenvalue weighted by molar-refractivity contribution is 0.413. The smallest absolute Gasteiger partial charge is 0.248 e. The number of hydrogen-bond donors (Lipinski definition) is 1. The fourth-order valence-corrected chi connectivity index (χ4v) is 5.06. The minimum Gasteiger partial charge on any atom is -0.326 e. The van der Waals surface area contributed by atoms with E-state index in [1.807, 2.05) is 18.4 Å². The predicted molar refractivity (Wildman–Crippen MR) is 126 cm³/mol. The summed E-state index contributed by atoms with van der Waals surface area (Å²) < 4.78 is 0. The van der Waals surface area contributed by atoms with Gasteiger partial charge >= 0.3 is 0 Å². The quantitative estimate of drug-likeness (QED) is 0.504. The summed E-state index contributed by atoms with van der Waals surface area (Å²) in [6, 6.07) is 12.3. The summed E-state index contributed by atoms with van der Waals surface area (Å²) in [7, 11) is 0. The SMILES string of the molecule is C/C=C1\[C@H]2C=C(C)C[C@]1(N=C/C=C/c1ccc(CCC)cc1)c1ccc(=O)[nH]c1C2. The number of aromatic amines is 1. The summed E-state index contributed by atoms with van der Waals surface area (Å²) in [4.78, 5) is 20.1. The molecule has 3 heteroatoms. The number of aliphatic imine (C=N–C) groups is 1. The van der Waals surface area contributed by atoms with Crippen LogP contribution in [-0.2, 0) is 18.4 Å². The molecule has 2 aliphatic carbocycles. The molecule has 0 radical (unpaired) electrons. The molecule has 1 N–H and O–H groups in total. The van der Waals surface area contributed by atoms with E-state index in [0.717, 1.165) is 30.5 Å². The highest BCUT2D eigenvalue weighted by atomic mass is 16.1. The average molecular weight is 399 g/mol. The fraction of sp³-hybridized carbons (Fsp3) is 0.333. The first-order valence-corrected chi connectivity index (χ1v) is 10.9. The minimum absolute atomic E-state index is 0.0398. The van der Waals surface area contributed by atoms with Gasteiger partial charge in [0.05, 0.1) is 0 Å². The summed E-state index contributed by atoms with van der Waals surface area (Å²) in [5.41, 5.74) is 6.94. The van der Waals surface area contributed by atoms with Crippen LogP contribution in [0.3, 0.4) is 0 Å². The van der Waals surface area contributed by atoms with E-state index in [4.69, 9.17) is 4.99 Å². The van der Waals surface area contributed by atoms with Gasteiger partial charge in [-0.05, 0) is 55.5 Å². The number of nitrogens with zero attached hydrogens (tertiary/aromatic N) is 1. The Kier molecular flexibility index (Phi) is 5.72. The Bertz CT molecular complexity index is 1100. The molecule has 0 saturated carbocycles. The maximum atomic E-state index is 11.9. The molecular weight excluding hydrogens is 368 g/mol. The number of pyridine rings is 1. The van der Waals surface area contributed by atoms with Crippen LogP contribution in [0.25, 0.3) is 6.08 Å². The summed E-state index contributed by atoms with van der Waals surface area (Å²) >= 11 is 0. The molecule has 1 aromatic heterocycles. The molecule has 0 unspecified atom stereocenters. The van der Waals surface area contributed by atoms with Gasteiger partial charge in [0.25, 0.3) is 0 Å². The molecule has 1 aromatic carbocycles. The summed E-state index contributed by atoms with van der Waals surface area (Å²) in [6.45, 7) is 6.49. The normalized spacial score (nSPS) is 24.4. The topological polar surface area (TPSA) is 45.2 Å². The Labute approximate surface area is 179 Å². The molecule has 0 amide bonds. The Morgan fingerprint density at radius 2 is 2.00 bits per heavy atom. The maximum absolute atomic E-state index is 11.9. The third-order valence-electron chi connectivity index (χ3n) is 6.27. The molecule has 3 nitrogen and oxygen atoms in total. The third kappa shape index (κ3) is 3.77. The molecule has 4 rings (SSSR count). The lowest BCUT2D eigenvalue weighted by Crippen LogP contribution is -2.40. The van der Waals surface area contributed by atoms with Crippen LogP contribution in [0.15, 0.2) is 75.6 Å². The van der Waals surface area contributed by atoms with Crippen molar-refractivity contribution in [2.45, 2.75) is 52.0 Å². The second-order valence-corrected chi connectivity index (χ2v) is 8.45. The number of aromatic nitrogens is 1. The number of nitrogens with one attached hydrogen (secondary N) is 1. The first-order chi connectivity index (χ1) is 14.6. The number of benzene rings is 1. The van der Waals surface area contributed by atoms with Gasteiger partial charge in [-0.1, -0.05) is 61.4 Å². The summed E-state index contributed by atoms with van der Waals surface area (Å²) in [5, 5.41) is 0. The molecule has 2 bridgehead atoms. The van der Waals surface area contributed by atoms with E-state index in [1.165, 1.54) is 28.7 Å². The van der Waals surface area contributed by atoms with Crippen molar-refractivity contribution in [1.82, 2.24) is 4.98 Å². The maximum Gasteiger partial charge on any atom is 0.248 e. The lowest BCUT2D eigenvalue weighted by Gasteiger charge is -2.45. The van der Waals surface area contributed by atoms with Gasteiger partial charge in [0.1, 0.15) is 5.54 Å². The van der Waals surface area contributed by atoms with Crippen LogP contribution in [0.5, 0.6) is 0 Å². The number of allylic oxidation sites excluding steroid dienone is 3. The van der Waals surface area contributed by atoms with Gasteiger partial charge in [-0.25, -0.2) is 0 Å². The van der Waals surface area contributed by atoms with Crippen molar-refractivity contribution in [2.75, 3.05) is 0 Å². The standard InChI is InChI=1S/C27H30N2O/c1-4-7-20-9-11-21(12-10-20)8-6-15-28-27-18-19(3)16-22(23(27)5-2)17-25-24(27)13-14-26(30)29-25/h5-6,8-16,22H,4,7,17-18H2,1-3H3,(H,29,30)/b8-6+,23-5+,28-15?/t22-,27+/m0/s1. The lowest BCUT2D eigenvalue weighted by atomic mass is 9.63. The van der Waals surface area contributed by atoms with Gasteiger partial charge in [-0.15, -0.1) is 0 Å². The summed E-state index contributed by atoms with van der Waals surface area (Å²) in [6.07, 6.45) is 14.6. The molecule has 2 aliphatic rings. The predicted octanol–water partition coefficient (Wildman–Crippen LogP) is 5.78. The van der Waals surface area contributed by atoms with Crippen LogP contribution in [-0.4, -0.2) is 11.2 Å².